The molecule has 0 saturated carbocycles. The fourth-order valence-corrected chi connectivity index (χ4v) is 5.16. The van der Waals surface area contributed by atoms with E-state index in [-0.39, 0.29) is 16.5 Å². The maximum absolute atomic E-state index is 13.6. The van der Waals surface area contributed by atoms with E-state index in [0.717, 1.165) is 23.3 Å². The zero-order valence-electron chi connectivity index (χ0n) is 20.8. The van der Waals surface area contributed by atoms with Gasteiger partial charge in [0.2, 0.25) is 0 Å². The van der Waals surface area contributed by atoms with Crippen molar-refractivity contribution >= 4 is 45.0 Å². The summed E-state index contributed by atoms with van der Waals surface area (Å²) in [5.74, 6) is -1.28. The number of para-hydroxylation sites is 1. The van der Waals surface area contributed by atoms with E-state index in [9.17, 15) is 14.4 Å². The van der Waals surface area contributed by atoms with Crippen LogP contribution in [0.3, 0.4) is 0 Å². The van der Waals surface area contributed by atoms with E-state index in [0.29, 0.717) is 32.6 Å². The van der Waals surface area contributed by atoms with Gasteiger partial charge < -0.3 is 15.0 Å². The molecule has 0 fully saturated rings. The summed E-state index contributed by atoms with van der Waals surface area (Å²) in [5.41, 5.74) is 4.51. The highest BCUT2D eigenvalue weighted by atomic mass is 32.1. The summed E-state index contributed by atoms with van der Waals surface area (Å²) >= 11 is 1.06. The number of amides is 2. The topological polar surface area (TPSA) is 88.6 Å². The minimum absolute atomic E-state index is 0.176. The summed E-state index contributed by atoms with van der Waals surface area (Å²) in [6, 6.07) is 17.3. The van der Waals surface area contributed by atoms with Gasteiger partial charge in [-0.25, -0.2) is 9.78 Å². The number of fused-ring (bicyclic) bond motifs is 1. The molecule has 0 aliphatic carbocycles. The second-order valence-electron chi connectivity index (χ2n) is 8.53. The van der Waals surface area contributed by atoms with Crippen LogP contribution in [0.5, 0.6) is 0 Å². The Bertz CT molecular complexity index is 1470. The highest BCUT2D eigenvalue weighted by molar-refractivity contribution is 7.18. The molecule has 4 aromatic rings. The molecule has 184 valence electrons. The summed E-state index contributed by atoms with van der Waals surface area (Å²) in [4.78, 5) is 45.4. The van der Waals surface area contributed by atoms with Crippen LogP contribution < -0.4 is 5.32 Å². The largest absolute Gasteiger partial charge is 0.465 e. The minimum Gasteiger partial charge on any atom is -0.465 e. The van der Waals surface area contributed by atoms with Crippen LogP contribution in [-0.4, -0.2) is 48.9 Å². The predicted octanol–water partition coefficient (Wildman–Crippen LogP) is 5.57. The molecule has 1 N–H and O–H groups in total. The van der Waals surface area contributed by atoms with Crippen LogP contribution in [0.15, 0.2) is 54.6 Å². The maximum Gasteiger partial charge on any atom is 0.341 e. The van der Waals surface area contributed by atoms with Gasteiger partial charge in [-0.3, -0.25) is 9.59 Å². The third-order valence-electron chi connectivity index (χ3n) is 5.98. The first-order valence-electron chi connectivity index (χ1n) is 11.5. The Hall–Kier alpha value is -4.04. The monoisotopic (exact) mass is 501 g/mol. The zero-order chi connectivity index (χ0) is 26.0. The van der Waals surface area contributed by atoms with Gasteiger partial charge in [0.05, 0.1) is 34.3 Å². The third-order valence-corrected chi connectivity index (χ3v) is 7.18. The molecule has 36 heavy (non-hydrogen) atoms. The summed E-state index contributed by atoms with van der Waals surface area (Å²) in [5, 5.41) is 3.82. The normalized spacial score (nSPS) is 10.8. The van der Waals surface area contributed by atoms with E-state index >= 15 is 0 Å². The molecule has 2 amide bonds. The number of carbonyl (C=O) groups excluding carboxylic acids is 3. The van der Waals surface area contributed by atoms with Gasteiger partial charge in [0, 0.05) is 25.0 Å². The van der Waals surface area contributed by atoms with Crippen LogP contribution in [0, 0.1) is 6.92 Å². The summed E-state index contributed by atoms with van der Waals surface area (Å²) in [6.45, 7) is 3.77. The lowest BCUT2D eigenvalue weighted by atomic mass is 10.0. The number of methoxy groups -OCH3 is 1. The molecular weight excluding hydrogens is 474 g/mol. The molecule has 0 radical (unpaired) electrons. The Morgan fingerprint density at radius 3 is 2.39 bits per heavy atom. The number of nitrogens with zero attached hydrogens (tertiary/aromatic N) is 2. The molecule has 2 heterocycles. The van der Waals surface area contributed by atoms with Gasteiger partial charge in [0.25, 0.3) is 11.8 Å². The van der Waals surface area contributed by atoms with Crippen molar-refractivity contribution in [3.8, 4) is 11.3 Å². The quantitative estimate of drug-likeness (QED) is 0.349. The number of benzene rings is 2. The van der Waals surface area contributed by atoms with Crippen molar-refractivity contribution in [2.45, 2.75) is 20.3 Å². The lowest BCUT2D eigenvalue weighted by molar-refractivity contribution is 0.0601. The van der Waals surface area contributed by atoms with Gasteiger partial charge in [0.1, 0.15) is 5.00 Å². The molecule has 2 aromatic carbocycles. The Labute approximate surface area is 213 Å². The highest BCUT2D eigenvalue weighted by Crippen LogP contribution is 2.35. The van der Waals surface area contributed by atoms with E-state index in [2.05, 4.69) is 12.2 Å². The number of aromatic nitrogens is 1. The molecule has 0 aliphatic heterocycles. The number of esters is 1. The van der Waals surface area contributed by atoms with Crippen molar-refractivity contribution in [3.63, 3.8) is 0 Å². The number of hydrogen-bond acceptors (Lipinski definition) is 6. The molecule has 8 heteroatoms. The van der Waals surface area contributed by atoms with E-state index in [1.165, 1.54) is 17.6 Å². The molecule has 0 spiro atoms. The number of carbonyl (C=O) groups is 3. The number of anilines is 1. The van der Waals surface area contributed by atoms with Crippen molar-refractivity contribution in [2.24, 2.45) is 0 Å². The second-order valence-corrected chi connectivity index (χ2v) is 9.55. The van der Waals surface area contributed by atoms with Crippen LogP contribution in [-0.2, 0) is 11.2 Å². The maximum atomic E-state index is 13.6. The number of hydrogen-bond donors (Lipinski definition) is 1. The van der Waals surface area contributed by atoms with Crippen LogP contribution in [0.1, 0.15) is 48.4 Å². The number of rotatable bonds is 6. The zero-order valence-corrected chi connectivity index (χ0v) is 21.7. The van der Waals surface area contributed by atoms with E-state index in [1.807, 2.05) is 48.5 Å². The van der Waals surface area contributed by atoms with Gasteiger partial charge >= 0.3 is 5.97 Å². The molecule has 4 rings (SSSR count). The van der Waals surface area contributed by atoms with Gasteiger partial charge in [-0.2, -0.15) is 0 Å². The van der Waals surface area contributed by atoms with Crippen molar-refractivity contribution in [2.75, 3.05) is 26.5 Å². The fourth-order valence-electron chi connectivity index (χ4n) is 3.95. The summed E-state index contributed by atoms with van der Waals surface area (Å²) < 4.78 is 4.95. The molecule has 0 bridgehead atoms. The second kappa shape index (κ2) is 10.3. The van der Waals surface area contributed by atoms with Crippen LogP contribution in [0.2, 0.25) is 0 Å². The smallest absolute Gasteiger partial charge is 0.341 e. The molecule has 2 aromatic heterocycles. The number of nitrogens with one attached hydrogen (secondary N) is 1. The van der Waals surface area contributed by atoms with Gasteiger partial charge in [-0.15, -0.1) is 11.3 Å². The third kappa shape index (κ3) is 4.72. The SMILES string of the molecule is CCc1ccc(-c2cc(C(=O)Nc3sc(C(=O)N(C)C)c(C)c3C(=O)OC)c3ccccc3n2)cc1. The Balaban J connectivity index is 1.80. The Morgan fingerprint density at radius 2 is 1.75 bits per heavy atom. The average Bonchev–Trinajstić information content (AvgIpc) is 3.22. The summed E-state index contributed by atoms with van der Waals surface area (Å²) in [6.07, 6.45) is 0.931. The number of pyridine rings is 1. The first-order chi connectivity index (χ1) is 17.2. The molecule has 7 nitrogen and oxygen atoms in total. The molecular formula is C28H27N3O4S. The van der Waals surface area contributed by atoms with Crippen LogP contribution >= 0.6 is 11.3 Å². The van der Waals surface area contributed by atoms with Crippen molar-refractivity contribution in [3.05, 3.63) is 81.7 Å². The average molecular weight is 502 g/mol. The number of aryl methyl sites for hydroxylation is 1. The molecule has 0 aliphatic rings. The van der Waals surface area contributed by atoms with Crippen molar-refractivity contribution < 1.29 is 19.1 Å². The van der Waals surface area contributed by atoms with E-state index in [4.69, 9.17) is 9.72 Å². The van der Waals surface area contributed by atoms with Crippen molar-refractivity contribution in [1.29, 1.82) is 0 Å². The highest BCUT2D eigenvalue weighted by Gasteiger charge is 2.27. The van der Waals surface area contributed by atoms with Crippen molar-refractivity contribution in [1.82, 2.24) is 9.88 Å². The predicted molar refractivity (Wildman–Crippen MR) is 143 cm³/mol. The summed E-state index contributed by atoms with van der Waals surface area (Å²) in [7, 11) is 4.54. The van der Waals surface area contributed by atoms with Crippen LogP contribution in [0.25, 0.3) is 22.2 Å². The first kappa shape index (κ1) is 25.1. The first-order valence-corrected chi connectivity index (χ1v) is 12.3. The standard InChI is InChI=1S/C28H27N3O4S/c1-6-17-11-13-18(14-12-17)22-15-20(19-9-7-8-10-21(19)29-22)25(32)30-26-23(28(34)35-5)16(2)24(36-26)27(33)31(3)4/h7-15H,6H2,1-5H3,(H,30,32). The molecule has 0 saturated heterocycles. The minimum atomic E-state index is -0.617. The van der Waals surface area contributed by atoms with Gasteiger partial charge in [-0.1, -0.05) is 49.4 Å². The lowest BCUT2D eigenvalue weighted by Gasteiger charge is -2.11. The fraction of sp³-hybridized carbons (Fsp3) is 0.214. The Kier molecular flexibility index (Phi) is 7.17. The number of ether oxygens (including phenoxy) is 1. The van der Waals surface area contributed by atoms with Gasteiger partial charge in [0.15, 0.2) is 0 Å². The Morgan fingerprint density at radius 1 is 1.06 bits per heavy atom. The van der Waals surface area contributed by atoms with E-state index in [1.54, 1.807) is 27.1 Å². The van der Waals surface area contributed by atoms with Gasteiger partial charge in [-0.05, 0) is 36.6 Å². The molecule has 0 unspecified atom stereocenters. The lowest BCUT2D eigenvalue weighted by Crippen LogP contribution is -2.21. The van der Waals surface area contributed by atoms with E-state index < -0.39 is 11.9 Å². The number of thiophene rings is 1. The molecule has 0 atom stereocenters. The van der Waals surface area contributed by atoms with Crippen LogP contribution in [0.4, 0.5) is 5.00 Å².